The second-order valence-corrected chi connectivity index (χ2v) is 5.98. The highest BCUT2D eigenvalue weighted by Gasteiger charge is 2.38. The molecule has 3 rings (SSSR count). The summed E-state index contributed by atoms with van der Waals surface area (Å²) in [4.78, 5) is 24.3. The van der Waals surface area contributed by atoms with E-state index in [1.165, 1.54) is 0 Å². The molecule has 23 heavy (non-hydrogen) atoms. The van der Waals surface area contributed by atoms with Gasteiger partial charge in [-0.05, 0) is 61.9 Å². The fourth-order valence-electron chi connectivity index (χ4n) is 2.54. The lowest BCUT2D eigenvalue weighted by Crippen LogP contribution is -2.27. The Morgan fingerprint density at radius 3 is 2.52 bits per heavy atom. The molecule has 0 saturated heterocycles. The highest BCUT2D eigenvalue weighted by atomic mass is 16.2. The van der Waals surface area contributed by atoms with Gasteiger partial charge in [-0.3, -0.25) is 9.59 Å². The predicted octanol–water partition coefficient (Wildman–Crippen LogP) is 3.04. The Bertz CT molecular complexity index is 846. The molecule has 0 saturated carbocycles. The number of benzene rings is 2. The summed E-state index contributed by atoms with van der Waals surface area (Å²) in [5.41, 5.74) is 2.54. The number of amides is 2. The summed E-state index contributed by atoms with van der Waals surface area (Å²) >= 11 is 0. The Kier molecular flexibility index (Phi) is 3.38. The summed E-state index contributed by atoms with van der Waals surface area (Å²) in [5.74, 6) is -0.329. The molecule has 0 fully saturated rings. The molecule has 0 atom stereocenters. The highest BCUT2D eigenvalue weighted by Crippen LogP contribution is 2.37. The number of anilines is 2. The van der Waals surface area contributed by atoms with Gasteiger partial charge in [-0.2, -0.15) is 5.26 Å². The Balaban J connectivity index is 1.85. The number of carbonyl (C=O) groups is 2. The maximum atomic E-state index is 12.4. The zero-order valence-corrected chi connectivity index (χ0v) is 12.8. The Morgan fingerprint density at radius 2 is 1.87 bits per heavy atom. The van der Waals surface area contributed by atoms with Crippen molar-refractivity contribution < 1.29 is 9.59 Å². The molecule has 5 heteroatoms. The molecule has 5 nitrogen and oxygen atoms in total. The zero-order valence-electron chi connectivity index (χ0n) is 12.8. The van der Waals surface area contributed by atoms with E-state index in [4.69, 9.17) is 5.26 Å². The lowest BCUT2D eigenvalue weighted by atomic mass is 9.85. The second-order valence-electron chi connectivity index (χ2n) is 5.98. The fourth-order valence-corrected chi connectivity index (χ4v) is 2.54. The molecule has 1 aliphatic rings. The summed E-state index contributed by atoms with van der Waals surface area (Å²) in [6.45, 7) is 3.66. The Hall–Kier alpha value is -3.13. The van der Waals surface area contributed by atoms with Gasteiger partial charge in [0.1, 0.15) is 0 Å². The molecule has 2 amide bonds. The van der Waals surface area contributed by atoms with Crippen LogP contribution in [0.15, 0.2) is 42.5 Å². The van der Waals surface area contributed by atoms with Crippen LogP contribution < -0.4 is 10.6 Å². The zero-order chi connectivity index (χ0) is 16.6. The van der Waals surface area contributed by atoms with Gasteiger partial charge in [-0.15, -0.1) is 0 Å². The van der Waals surface area contributed by atoms with Gasteiger partial charge in [-0.25, -0.2) is 0 Å². The first-order valence-electron chi connectivity index (χ1n) is 7.19. The van der Waals surface area contributed by atoms with E-state index in [2.05, 4.69) is 10.6 Å². The van der Waals surface area contributed by atoms with Crippen LogP contribution in [0.25, 0.3) is 0 Å². The largest absolute Gasteiger partial charge is 0.325 e. The molecular weight excluding hydrogens is 290 g/mol. The molecule has 1 aliphatic heterocycles. The molecule has 1 heterocycles. The smallest absolute Gasteiger partial charge is 0.255 e. The molecule has 0 unspecified atom stereocenters. The van der Waals surface area contributed by atoms with Crippen LogP contribution in [0.1, 0.15) is 35.3 Å². The van der Waals surface area contributed by atoms with Crippen molar-refractivity contribution in [3.8, 4) is 6.07 Å². The van der Waals surface area contributed by atoms with Crippen molar-refractivity contribution in [1.29, 1.82) is 5.26 Å². The number of hydrogen-bond donors (Lipinski definition) is 2. The Labute approximate surface area is 133 Å². The van der Waals surface area contributed by atoms with Crippen molar-refractivity contribution in [3.05, 3.63) is 59.2 Å². The number of fused-ring (bicyclic) bond motifs is 1. The SMILES string of the molecule is CC1(C)C(=O)Nc2ccc(C(=O)Nc3ccc(C#N)cc3)cc21. The molecular formula is C18H15N3O2. The van der Waals surface area contributed by atoms with Crippen LogP contribution in [0, 0.1) is 11.3 Å². The van der Waals surface area contributed by atoms with Crippen molar-refractivity contribution in [3.63, 3.8) is 0 Å². The highest BCUT2D eigenvalue weighted by molar-refractivity contribution is 6.09. The van der Waals surface area contributed by atoms with Crippen LogP contribution in [0.2, 0.25) is 0 Å². The normalized spacial score (nSPS) is 14.6. The third-order valence-electron chi connectivity index (χ3n) is 4.04. The molecule has 2 aromatic rings. The Morgan fingerprint density at radius 1 is 1.17 bits per heavy atom. The lowest BCUT2D eigenvalue weighted by molar-refractivity contribution is -0.119. The molecule has 2 aromatic carbocycles. The standard InChI is InChI=1S/C18H15N3O2/c1-18(2)14-9-12(5-8-15(14)21-17(18)23)16(22)20-13-6-3-11(10-19)4-7-13/h3-9H,1-2H3,(H,20,22)(H,21,23). The van der Waals surface area contributed by atoms with Gasteiger partial charge in [0, 0.05) is 16.9 Å². The first kappa shape index (κ1) is 14.8. The minimum absolute atomic E-state index is 0.0721. The van der Waals surface area contributed by atoms with Crippen LogP contribution in [-0.4, -0.2) is 11.8 Å². The van der Waals surface area contributed by atoms with E-state index in [1.54, 1.807) is 42.5 Å². The number of nitriles is 1. The maximum absolute atomic E-state index is 12.4. The summed E-state index contributed by atoms with van der Waals surface area (Å²) in [6.07, 6.45) is 0. The lowest BCUT2D eigenvalue weighted by Gasteiger charge is -2.15. The van der Waals surface area contributed by atoms with Crippen LogP contribution in [0.5, 0.6) is 0 Å². The molecule has 0 aliphatic carbocycles. The minimum Gasteiger partial charge on any atom is -0.325 e. The number of nitrogens with zero attached hydrogens (tertiary/aromatic N) is 1. The van der Waals surface area contributed by atoms with E-state index in [0.29, 0.717) is 16.8 Å². The number of rotatable bonds is 2. The first-order chi connectivity index (χ1) is 10.9. The van der Waals surface area contributed by atoms with E-state index < -0.39 is 5.41 Å². The molecule has 0 aromatic heterocycles. The monoisotopic (exact) mass is 305 g/mol. The molecule has 114 valence electrons. The van der Waals surface area contributed by atoms with Gasteiger partial charge in [0.15, 0.2) is 0 Å². The third-order valence-corrected chi connectivity index (χ3v) is 4.04. The van der Waals surface area contributed by atoms with E-state index in [-0.39, 0.29) is 11.8 Å². The second kappa shape index (κ2) is 5.25. The van der Waals surface area contributed by atoms with Crippen molar-refractivity contribution in [2.24, 2.45) is 0 Å². The molecule has 0 spiro atoms. The van der Waals surface area contributed by atoms with Crippen LogP contribution >= 0.6 is 0 Å². The summed E-state index contributed by atoms with van der Waals surface area (Å²) < 4.78 is 0. The number of hydrogen-bond acceptors (Lipinski definition) is 3. The topological polar surface area (TPSA) is 82.0 Å². The van der Waals surface area contributed by atoms with Crippen molar-refractivity contribution in [2.75, 3.05) is 10.6 Å². The molecule has 0 bridgehead atoms. The van der Waals surface area contributed by atoms with Gasteiger partial charge in [-0.1, -0.05) is 0 Å². The van der Waals surface area contributed by atoms with E-state index in [0.717, 1.165) is 11.3 Å². The fraction of sp³-hybridized carbons (Fsp3) is 0.167. The van der Waals surface area contributed by atoms with Crippen LogP contribution in [0.4, 0.5) is 11.4 Å². The van der Waals surface area contributed by atoms with Gasteiger partial charge < -0.3 is 10.6 Å². The van der Waals surface area contributed by atoms with E-state index in [1.807, 2.05) is 19.9 Å². The molecule has 2 N–H and O–H groups in total. The average Bonchev–Trinajstić information content (AvgIpc) is 2.77. The van der Waals surface area contributed by atoms with Gasteiger partial charge >= 0.3 is 0 Å². The van der Waals surface area contributed by atoms with Gasteiger partial charge in [0.2, 0.25) is 5.91 Å². The maximum Gasteiger partial charge on any atom is 0.255 e. The van der Waals surface area contributed by atoms with Gasteiger partial charge in [0.25, 0.3) is 5.91 Å². The summed E-state index contributed by atoms with van der Waals surface area (Å²) in [6, 6.07) is 13.8. The summed E-state index contributed by atoms with van der Waals surface area (Å²) in [5, 5.41) is 14.4. The summed E-state index contributed by atoms with van der Waals surface area (Å²) in [7, 11) is 0. The van der Waals surface area contributed by atoms with Crippen LogP contribution in [0.3, 0.4) is 0 Å². The first-order valence-corrected chi connectivity index (χ1v) is 7.19. The minimum atomic E-state index is -0.653. The number of nitrogens with one attached hydrogen (secondary N) is 2. The van der Waals surface area contributed by atoms with Crippen LogP contribution in [-0.2, 0) is 10.2 Å². The van der Waals surface area contributed by atoms with Crippen molar-refractivity contribution >= 4 is 23.2 Å². The quantitative estimate of drug-likeness (QED) is 0.894. The van der Waals surface area contributed by atoms with Gasteiger partial charge in [0.05, 0.1) is 17.0 Å². The van der Waals surface area contributed by atoms with Crippen molar-refractivity contribution in [1.82, 2.24) is 0 Å². The molecule has 0 radical (unpaired) electrons. The van der Waals surface area contributed by atoms with Crippen molar-refractivity contribution in [2.45, 2.75) is 19.3 Å². The third kappa shape index (κ3) is 2.55. The van der Waals surface area contributed by atoms with E-state index >= 15 is 0 Å². The predicted molar refractivity (Wildman–Crippen MR) is 87.2 cm³/mol. The van der Waals surface area contributed by atoms with E-state index in [9.17, 15) is 9.59 Å². The number of carbonyl (C=O) groups excluding carboxylic acids is 2. The average molecular weight is 305 g/mol.